The lowest BCUT2D eigenvalue weighted by Crippen LogP contribution is -2.49. The second-order valence-electron chi connectivity index (χ2n) is 11.3. The number of amides is 2. The SMILES string of the molecule is COc1ccc([C@@H]2[C@@H](C(=O)N3CCC(Cc4ccccc4)CC3)c3ccccc3C(=O)N2Cc2ccc(F)cc2)cc1. The van der Waals surface area contributed by atoms with E-state index in [0.717, 1.165) is 36.0 Å². The molecule has 5 nitrogen and oxygen atoms in total. The summed E-state index contributed by atoms with van der Waals surface area (Å²) in [5.74, 6) is 0.237. The molecular formula is C36H35FN2O3. The zero-order valence-electron chi connectivity index (χ0n) is 23.8. The fraction of sp³-hybridized carbons (Fsp3) is 0.278. The minimum atomic E-state index is -0.571. The first kappa shape index (κ1) is 27.7. The third-order valence-electron chi connectivity index (χ3n) is 8.72. The number of halogens is 1. The zero-order valence-corrected chi connectivity index (χ0v) is 23.8. The van der Waals surface area contributed by atoms with Crippen LogP contribution in [0.3, 0.4) is 0 Å². The van der Waals surface area contributed by atoms with Gasteiger partial charge in [0.15, 0.2) is 0 Å². The molecule has 0 spiro atoms. The Morgan fingerprint density at radius 1 is 0.833 bits per heavy atom. The number of hydrogen-bond acceptors (Lipinski definition) is 3. The van der Waals surface area contributed by atoms with E-state index in [1.54, 1.807) is 24.1 Å². The fourth-order valence-electron chi connectivity index (χ4n) is 6.49. The van der Waals surface area contributed by atoms with E-state index >= 15 is 0 Å². The summed E-state index contributed by atoms with van der Waals surface area (Å²) in [6.07, 6.45) is 2.91. The topological polar surface area (TPSA) is 49.9 Å². The standard InChI is InChI=1S/C36H35FN2O3/c1-42-30-17-13-28(14-18-30)34-33(36(41)38-21-19-26(20-22-38)23-25-7-3-2-4-8-25)31-9-5-6-10-32(31)35(40)39(34)24-27-11-15-29(37)16-12-27/h2-18,26,33-34H,19-24H2,1H3/t33-,34+/m0/s1. The number of carbonyl (C=O) groups is 2. The number of rotatable bonds is 7. The number of likely N-dealkylation sites (tertiary alicyclic amines) is 1. The van der Waals surface area contributed by atoms with Crippen molar-refractivity contribution in [3.05, 3.63) is 137 Å². The smallest absolute Gasteiger partial charge is 0.255 e. The largest absolute Gasteiger partial charge is 0.497 e. The first-order chi connectivity index (χ1) is 20.5. The van der Waals surface area contributed by atoms with Crippen LogP contribution in [-0.2, 0) is 17.8 Å². The molecule has 4 aromatic rings. The molecule has 2 amide bonds. The van der Waals surface area contributed by atoms with E-state index in [2.05, 4.69) is 24.3 Å². The van der Waals surface area contributed by atoms with Gasteiger partial charge in [-0.1, -0.05) is 72.8 Å². The molecule has 1 saturated heterocycles. The van der Waals surface area contributed by atoms with Gasteiger partial charge in [-0.25, -0.2) is 4.39 Å². The van der Waals surface area contributed by atoms with Crippen molar-refractivity contribution >= 4 is 11.8 Å². The molecule has 0 aromatic heterocycles. The minimum Gasteiger partial charge on any atom is -0.497 e. The molecule has 0 bridgehead atoms. The molecule has 42 heavy (non-hydrogen) atoms. The molecule has 2 aliphatic rings. The molecule has 0 unspecified atom stereocenters. The summed E-state index contributed by atoms with van der Waals surface area (Å²) < 4.78 is 19.1. The second kappa shape index (κ2) is 12.2. The maximum atomic E-state index is 14.6. The highest BCUT2D eigenvalue weighted by Gasteiger charge is 2.45. The summed E-state index contributed by atoms with van der Waals surface area (Å²) in [5.41, 5.74) is 4.29. The Bertz CT molecular complexity index is 1530. The molecule has 0 saturated carbocycles. The highest BCUT2D eigenvalue weighted by molar-refractivity contribution is 6.01. The van der Waals surface area contributed by atoms with Crippen LogP contribution in [0, 0.1) is 11.7 Å². The van der Waals surface area contributed by atoms with Crippen LogP contribution in [0.1, 0.15) is 57.4 Å². The van der Waals surface area contributed by atoms with Gasteiger partial charge < -0.3 is 14.5 Å². The summed E-state index contributed by atoms with van der Waals surface area (Å²) in [7, 11) is 1.62. The van der Waals surface area contributed by atoms with Crippen LogP contribution in [0.15, 0.2) is 103 Å². The Hall–Kier alpha value is -4.45. The molecule has 214 valence electrons. The molecule has 1 fully saturated rings. The van der Waals surface area contributed by atoms with Gasteiger partial charge in [0.25, 0.3) is 5.91 Å². The average molecular weight is 563 g/mol. The maximum Gasteiger partial charge on any atom is 0.255 e. The lowest BCUT2D eigenvalue weighted by atomic mass is 9.78. The van der Waals surface area contributed by atoms with Crippen molar-refractivity contribution in [2.24, 2.45) is 5.92 Å². The number of fused-ring (bicyclic) bond motifs is 1. The summed E-state index contributed by atoms with van der Waals surface area (Å²) in [6.45, 7) is 1.64. The molecule has 6 rings (SSSR count). The molecule has 6 heteroatoms. The van der Waals surface area contributed by atoms with Crippen molar-refractivity contribution in [3.63, 3.8) is 0 Å². The predicted molar refractivity (Wildman–Crippen MR) is 161 cm³/mol. The molecule has 2 atom stereocenters. The number of benzene rings is 4. The number of ether oxygens (including phenoxy) is 1. The number of methoxy groups -OCH3 is 1. The van der Waals surface area contributed by atoms with E-state index in [0.29, 0.717) is 30.3 Å². The van der Waals surface area contributed by atoms with Crippen LogP contribution in [0.25, 0.3) is 0 Å². The summed E-state index contributed by atoms with van der Waals surface area (Å²) in [4.78, 5) is 32.4. The predicted octanol–water partition coefficient (Wildman–Crippen LogP) is 6.80. The van der Waals surface area contributed by atoms with Gasteiger partial charge in [0.05, 0.1) is 19.1 Å². The Morgan fingerprint density at radius 2 is 1.50 bits per heavy atom. The summed E-state index contributed by atoms with van der Waals surface area (Å²) >= 11 is 0. The Balaban J connectivity index is 1.34. The van der Waals surface area contributed by atoms with Gasteiger partial charge in [-0.3, -0.25) is 9.59 Å². The van der Waals surface area contributed by atoms with Gasteiger partial charge in [-0.2, -0.15) is 0 Å². The number of piperidine rings is 1. The monoisotopic (exact) mass is 562 g/mol. The van der Waals surface area contributed by atoms with Crippen LogP contribution in [0.4, 0.5) is 4.39 Å². The van der Waals surface area contributed by atoms with E-state index < -0.39 is 12.0 Å². The first-order valence-electron chi connectivity index (χ1n) is 14.6. The van der Waals surface area contributed by atoms with Crippen LogP contribution < -0.4 is 4.74 Å². The number of hydrogen-bond donors (Lipinski definition) is 0. The van der Waals surface area contributed by atoms with E-state index in [-0.39, 0.29) is 24.2 Å². The van der Waals surface area contributed by atoms with Gasteiger partial charge in [0, 0.05) is 25.2 Å². The molecule has 0 aliphatic carbocycles. The summed E-state index contributed by atoms with van der Waals surface area (Å²) in [5, 5.41) is 0. The van der Waals surface area contributed by atoms with Crippen LogP contribution >= 0.6 is 0 Å². The Labute approximate surface area is 246 Å². The van der Waals surface area contributed by atoms with Crippen molar-refractivity contribution in [1.82, 2.24) is 9.80 Å². The van der Waals surface area contributed by atoms with Gasteiger partial charge >= 0.3 is 0 Å². The highest BCUT2D eigenvalue weighted by atomic mass is 19.1. The van der Waals surface area contributed by atoms with E-state index in [9.17, 15) is 14.0 Å². The second-order valence-corrected chi connectivity index (χ2v) is 11.3. The zero-order chi connectivity index (χ0) is 29.1. The third-order valence-corrected chi connectivity index (χ3v) is 8.72. The molecule has 0 radical (unpaired) electrons. The maximum absolute atomic E-state index is 14.6. The van der Waals surface area contributed by atoms with Gasteiger partial charge in [-0.05, 0) is 77.8 Å². The normalized spacial score (nSPS) is 19.0. The van der Waals surface area contributed by atoms with Crippen LogP contribution in [0.2, 0.25) is 0 Å². The summed E-state index contributed by atoms with van der Waals surface area (Å²) in [6, 6.07) is 31.3. The Kier molecular flexibility index (Phi) is 8.04. The number of carbonyl (C=O) groups excluding carboxylic acids is 2. The quantitative estimate of drug-likeness (QED) is 0.249. The average Bonchev–Trinajstić information content (AvgIpc) is 3.04. The molecule has 0 N–H and O–H groups in total. The van der Waals surface area contributed by atoms with Crippen LogP contribution in [0.5, 0.6) is 5.75 Å². The van der Waals surface area contributed by atoms with Gasteiger partial charge in [0.2, 0.25) is 5.91 Å². The van der Waals surface area contributed by atoms with Gasteiger partial charge in [0.1, 0.15) is 11.6 Å². The van der Waals surface area contributed by atoms with Crippen LogP contribution in [-0.4, -0.2) is 41.8 Å². The van der Waals surface area contributed by atoms with Crippen molar-refractivity contribution in [3.8, 4) is 5.75 Å². The lowest BCUT2D eigenvalue weighted by molar-refractivity contribution is -0.136. The van der Waals surface area contributed by atoms with E-state index in [4.69, 9.17) is 4.74 Å². The molecule has 2 aliphatic heterocycles. The van der Waals surface area contributed by atoms with Crippen molar-refractivity contribution in [1.29, 1.82) is 0 Å². The molecule has 2 heterocycles. The minimum absolute atomic E-state index is 0.0398. The van der Waals surface area contributed by atoms with Crippen molar-refractivity contribution in [2.45, 2.75) is 37.8 Å². The molecular weight excluding hydrogens is 527 g/mol. The first-order valence-corrected chi connectivity index (χ1v) is 14.6. The lowest BCUT2D eigenvalue weighted by Gasteiger charge is -2.44. The highest BCUT2D eigenvalue weighted by Crippen LogP contribution is 2.45. The van der Waals surface area contributed by atoms with Crippen molar-refractivity contribution < 1.29 is 18.7 Å². The van der Waals surface area contributed by atoms with E-state index in [1.807, 2.05) is 59.5 Å². The Morgan fingerprint density at radius 3 is 2.19 bits per heavy atom. The van der Waals surface area contributed by atoms with Gasteiger partial charge in [-0.15, -0.1) is 0 Å². The van der Waals surface area contributed by atoms with E-state index in [1.165, 1.54) is 17.7 Å². The number of nitrogens with zero attached hydrogens (tertiary/aromatic N) is 2. The molecule has 4 aromatic carbocycles. The van der Waals surface area contributed by atoms with Crippen molar-refractivity contribution in [2.75, 3.05) is 20.2 Å². The fourth-order valence-corrected chi connectivity index (χ4v) is 6.49. The third kappa shape index (κ3) is 5.67.